The van der Waals surface area contributed by atoms with Crippen molar-refractivity contribution in [3.05, 3.63) is 0 Å². The van der Waals surface area contributed by atoms with Crippen LogP contribution in [0.5, 0.6) is 0 Å². The Morgan fingerprint density at radius 1 is 1.43 bits per heavy atom. The van der Waals surface area contributed by atoms with E-state index in [9.17, 15) is 12.8 Å². The van der Waals surface area contributed by atoms with Gasteiger partial charge in [0, 0.05) is 13.1 Å². The van der Waals surface area contributed by atoms with Gasteiger partial charge in [-0.2, -0.15) is 4.31 Å². The fourth-order valence-corrected chi connectivity index (χ4v) is 3.45. The van der Waals surface area contributed by atoms with Crippen molar-refractivity contribution in [3.8, 4) is 0 Å². The number of hydrogen-bond acceptors (Lipinski definition) is 3. The van der Waals surface area contributed by atoms with Crippen LogP contribution in [0.2, 0.25) is 0 Å². The molecule has 2 fully saturated rings. The van der Waals surface area contributed by atoms with Crippen molar-refractivity contribution in [3.63, 3.8) is 0 Å². The lowest BCUT2D eigenvalue weighted by Crippen LogP contribution is -2.47. The Labute approximate surface area is 83.1 Å². The van der Waals surface area contributed by atoms with Gasteiger partial charge in [-0.25, -0.2) is 12.8 Å². The summed E-state index contributed by atoms with van der Waals surface area (Å²) in [5.41, 5.74) is 0. The van der Waals surface area contributed by atoms with Crippen molar-refractivity contribution in [2.45, 2.75) is 24.2 Å². The highest BCUT2D eigenvalue weighted by Gasteiger charge is 2.41. The van der Waals surface area contributed by atoms with E-state index in [2.05, 4.69) is 0 Å². The molecule has 1 heterocycles. The van der Waals surface area contributed by atoms with Crippen LogP contribution >= 0.6 is 0 Å². The molecule has 0 aromatic heterocycles. The van der Waals surface area contributed by atoms with Crippen LogP contribution in [0.3, 0.4) is 0 Å². The summed E-state index contributed by atoms with van der Waals surface area (Å²) in [7, 11) is -3.15. The van der Waals surface area contributed by atoms with Gasteiger partial charge in [-0.3, -0.25) is 0 Å². The molecule has 0 radical (unpaired) electrons. The first kappa shape index (κ1) is 10.3. The first-order chi connectivity index (χ1) is 6.64. The number of alkyl halides is 1. The highest BCUT2D eigenvalue weighted by Crippen LogP contribution is 2.31. The average Bonchev–Trinajstić information content (AvgIpc) is 3.01. The molecule has 6 heteroatoms. The number of halogens is 1. The maximum Gasteiger partial charge on any atom is 0.217 e. The van der Waals surface area contributed by atoms with E-state index in [4.69, 9.17) is 4.74 Å². The van der Waals surface area contributed by atoms with Crippen LogP contribution in [0, 0.1) is 0 Å². The maximum atomic E-state index is 12.3. The predicted octanol–water partition coefficient (Wildman–Crippen LogP) is 0.149. The van der Waals surface area contributed by atoms with Crippen LogP contribution in [0.25, 0.3) is 0 Å². The van der Waals surface area contributed by atoms with Gasteiger partial charge in [-0.05, 0) is 12.8 Å². The lowest BCUT2D eigenvalue weighted by molar-refractivity contribution is -0.0136. The molecule has 14 heavy (non-hydrogen) atoms. The summed E-state index contributed by atoms with van der Waals surface area (Å²) in [4.78, 5) is 0. The van der Waals surface area contributed by atoms with Gasteiger partial charge < -0.3 is 4.74 Å². The van der Waals surface area contributed by atoms with Gasteiger partial charge in [0.1, 0.15) is 6.67 Å². The molecule has 82 valence electrons. The molecule has 0 bridgehead atoms. The van der Waals surface area contributed by atoms with Crippen molar-refractivity contribution in [1.29, 1.82) is 0 Å². The molecule has 0 aromatic rings. The Hall–Kier alpha value is -0.200. The van der Waals surface area contributed by atoms with Crippen LogP contribution in [-0.4, -0.2) is 50.4 Å². The van der Waals surface area contributed by atoms with Crippen molar-refractivity contribution in [2.75, 3.05) is 26.4 Å². The molecule has 0 spiro atoms. The number of morpholine rings is 1. The zero-order valence-corrected chi connectivity index (χ0v) is 8.67. The van der Waals surface area contributed by atoms with Gasteiger partial charge in [0.25, 0.3) is 0 Å². The first-order valence-electron chi connectivity index (χ1n) is 4.81. The minimum Gasteiger partial charge on any atom is -0.373 e. The minimum absolute atomic E-state index is 0.176. The van der Waals surface area contributed by atoms with E-state index in [1.807, 2.05) is 0 Å². The zero-order valence-electron chi connectivity index (χ0n) is 7.86. The highest BCUT2D eigenvalue weighted by atomic mass is 32.2. The number of rotatable bonds is 3. The second-order valence-corrected chi connectivity index (χ2v) is 5.96. The minimum atomic E-state index is -3.15. The molecule has 1 saturated heterocycles. The van der Waals surface area contributed by atoms with Crippen molar-refractivity contribution < 1.29 is 17.5 Å². The standard InChI is InChI=1S/C8H14FNO3S/c9-5-7-6-10(3-4-13-7)14(11,12)8-1-2-8/h7-8H,1-6H2. The van der Waals surface area contributed by atoms with E-state index in [0.29, 0.717) is 13.2 Å². The molecule has 2 rings (SSSR count). The van der Waals surface area contributed by atoms with E-state index < -0.39 is 22.8 Å². The van der Waals surface area contributed by atoms with E-state index in [1.165, 1.54) is 4.31 Å². The van der Waals surface area contributed by atoms with Crippen molar-refractivity contribution >= 4 is 10.0 Å². The largest absolute Gasteiger partial charge is 0.373 e. The summed E-state index contributed by atoms with van der Waals surface area (Å²) in [6.45, 7) is 0.238. The Balaban J connectivity index is 2.03. The normalized spacial score (nSPS) is 30.5. The van der Waals surface area contributed by atoms with E-state index in [-0.39, 0.29) is 11.8 Å². The van der Waals surface area contributed by atoms with E-state index >= 15 is 0 Å². The molecule has 0 amide bonds. The summed E-state index contributed by atoms with van der Waals surface area (Å²) in [6.07, 6.45) is 0.928. The fourth-order valence-electron chi connectivity index (χ4n) is 1.59. The van der Waals surface area contributed by atoms with Gasteiger partial charge in [0.2, 0.25) is 10.0 Å². The van der Waals surface area contributed by atoms with Crippen LogP contribution < -0.4 is 0 Å². The van der Waals surface area contributed by atoms with Crippen LogP contribution in [0.4, 0.5) is 4.39 Å². The molecule has 4 nitrogen and oxygen atoms in total. The molecule has 0 aromatic carbocycles. The topological polar surface area (TPSA) is 46.6 Å². The summed E-state index contributed by atoms with van der Waals surface area (Å²) in [5.74, 6) is 0. The van der Waals surface area contributed by atoms with Gasteiger partial charge in [0.15, 0.2) is 0 Å². The Morgan fingerprint density at radius 3 is 2.71 bits per heavy atom. The number of sulfonamides is 1. The van der Waals surface area contributed by atoms with Gasteiger partial charge >= 0.3 is 0 Å². The second kappa shape index (κ2) is 3.75. The number of hydrogen-bond donors (Lipinski definition) is 0. The summed E-state index contributed by atoms with van der Waals surface area (Å²) in [6, 6.07) is 0. The predicted molar refractivity (Wildman–Crippen MR) is 49.2 cm³/mol. The molecule has 1 aliphatic heterocycles. The molecule has 1 unspecified atom stereocenters. The van der Waals surface area contributed by atoms with Crippen LogP contribution in [0.15, 0.2) is 0 Å². The van der Waals surface area contributed by atoms with Crippen molar-refractivity contribution in [1.82, 2.24) is 4.31 Å². The zero-order chi connectivity index (χ0) is 10.2. The number of nitrogens with zero attached hydrogens (tertiary/aromatic N) is 1. The van der Waals surface area contributed by atoms with Gasteiger partial charge in [-0.1, -0.05) is 0 Å². The summed E-state index contributed by atoms with van der Waals surface area (Å²) >= 11 is 0. The highest BCUT2D eigenvalue weighted by molar-refractivity contribution is 7.90. The van der Waals surface area contributed by atoms with E-state index in [0.717, 1.165) is 12.8 Å². The number of ether oxygens (including phenoxy) is 1. The third-order valence-corrected chi connectivity index (χ3v) is 4.94. The Morgan fingerprint density at radius 2 is 2.14 bits per heavy atom. The molecule has 1 aliphatic carbocycles. The lowest BCUT2D eigenvalue weighted by Gasteiger charge is -2.30. The molecular weight excluding hydrogens is 209 g/mol. The SMILES string of the molecule is O=S(=O)(C1CC1)N1CCOC(CF)C1. The second-order valence-electron chi connectivity index (χ2n) is 3.75. The van der Waals surface area contributed by atoms with Crippen LogP contribution in [-0.2, 0) is 14.8 Å². The van der Waals surface area contributed by atoms with Gasteiger partial charge in [0.05, 0.1) is 18.0 Å². The summed E-state index contributed by atoms with van der Waals surface area (Å²) < 4.78 is 42.3. The molecular formula is C8H14FNO3S. The quantitative estimate of drug-likeness (QED) is 0.684. The average molecular weight is 223 g/mol. The third-order valence-electron chi connectivity index (χ3n) is 2.58. The first-order valence-corrected chi connectivity index (χ1v) is 6.31. The molecule has 1 atom stereocenters. The Kier molecular flexibility index (Phi) is 2.77. The molecule has 2 aliphatic rings. The lowest BCUT2D eigenvalue weighted by atomic mass is 10.3. The Bertz CT molecular complexity index is 302. The van der Waals surface area contributed by atoms with Crippen LogP contribution in [0.1, 0.15) is 12.8 Å². The molecule has 1 saturated carbocycles. The fraction of sp³-hybridized carbons (Fsp3) is 1.00. The smallest absolute Gasteiger partial charge is 0.217 e. The molecule has 0 N–H and O–H groups in total. The monoisotopic (exact) mass is 223 g/mol. The maximum absolute atomic E-state index is 12.3. The van der Waals surface area contributed by atoms with E-state index in [1.54, 1.807) is 0 Å². The summed E-state index contributed by atoms with van der Waals surface area (Å²) in [5, 5.41) is -0.208. The van der Waals surface area contributed by atoms with Crippen molar-refractivity contribution in [2.24, 2.45) is 0 Å². The third kappa shape index (κ3) is 1.92. The van der Waals surface area contributed by atoms with Gasteiger partial charge in [-0.15, -0.1) is 0 Å².